The standard InChI is InChI=1S/C23H35F3N6O6/c1-5-10-28-19(36)16(34)13(8-9-23(24,25)26)30-18(35)14-7-6-11-32(14)20(37)17(22(2,3)4)31-21(38)29-12-15(27)33/h5,13-14,17H,1,6-12H2,2-4H3,(H2,27,33)(H,28,36)(H,30,35)(H2,29,31,38). The van der Waals surface area contributed by atoms with Crippen LogP contribution in [-0.4, -0.2) is 84.3 Å². The number of nitrogens with two attached hydrogens (primary N) is 1. The van der Waals surface area contributed by atoms with E-state index in [2.05, 4.69) is 27.8 Å². The summed E-state index contributed by atoms with van der Waals surface area (Å²) in [5, 5.41) is 9.04. The molecule has 3 atom stereocenters. The lowest BCUT2D eigenvalue weighted by Crippen LogP contribution is -2.60. The van der Waals surface area contributed by atoms with Crippen LogP contribution >= 0.6 is 0 Å². The van der Waals surface area contributed by atoms with E-state index < -0.39 is 84.5 Å². The van der Waals surface area contributed by atoms with E-state index in [0.717, 1.165) is 0 Å². The Morgan fingerprint density at radius 2 is 1.71 bits per heavy atom. The average molecular weight is 549 g/mol. The minimum atomic E-state index is -4.64. The number of nitrogens with zero attached hydrogens (tertiary/aromatic N) is 1. The Labute approximate surface area is 218 Å². The second kappa shape index (κ2) is 13.8. The number of carbonyl (C=O) groups is 6. The Morgan fingerprint density at radius 1 is 1.08 bits per heavy atom. The summed E-state index contributed by atoms with van der Waals surface area (Å²) in [6, 6.07) is -4.93. The summed E-state index contributed by atoms with van der Waals surface area (Å²) in [5.41, 5.74) is 4.15. The maximum Gasteiger partial charge on any atom is 0.389 e. The molecule has 38 heavy (non-hydrogen) atoms. The van der Waals surface area contributed by atoms with Crippen LogP contribution in [0, 0.1) is 5.41 Å². The van der Waals surface area contributed by atoms with Gasteiger partial charge in [0.05, 0.1) is 12.6 Å². The molecule has 0 aliphatic carbocycles. The molecule has 6 amide bonds. The minimum absolute atomic E-state index is 0.106. The van der Waals surface area contributed by atoms with Crippen LogP contribution in [0.4, 0.5) is 18.0 Å². The van der Waals surface area contributed by atoms with Crippen molar-refractivity contribution in [3.05, 3.63) is 12.7 Å². The molecular formula is C23H35F3N6O6. The summed E-state index contributed by atoms with van der Waals surface area (Å²) in [6.07, 6.45) is -5.16. The maximum atomic E-state index is 13.4. The van der Waals surface area contributed by atoms with E-state index in [-0.39, 0.29) is 19.5 Å². The number of alkyl halides is 3. The molecule has 1 fully saturated rings. The highest BCUT2D eigenvalue weighted by Crippen LogP contribution is 2.27. The van der Waals surface area contributed by atoms with Crippen LogP contribution in [0.25, 0.3) is 0 Å². The topological polar surface area (TPSA) is 180 Å². The lowest BCUT2D eigenvalue weighted by atomic mass is 9.85. The summed E-state index contributed by atoms with van der Waals surface area (Å²) in [6.45, 7) is 7.86. The fourth-order valence-electron chi connectivity index (χ4n) is 3.72. The quantitative estimate of drug-likeness (QED) is 0.167. The third-order valence-electron chi connectivity index (χ3n) is 5.63. The first-order chi connectivity index (χ1) is 17.5. The number of nitrogens with one attached hydrogen (secondary N) is 4. The highest BCUT2D eigenvalue weighted by atomic mass is 19.4. The Bertz CT molecular complexity index is 934. The highest BCUT2D eigenvalue weighted by molar-refractivity contribution is 6.38. The summed E-state index contributed by atoms with van der Waals surface area (Å²) in [5.74, 6) is -4.80. The van der Waals surface area contributed by atoms with Crippen molar-refractivity contribution in [2.45, 2.75) is 70.8 Å². The van der Waals surface area contributed by atoms with Crippen molar-refractivity contribution < 1.29 is 41.9 Å². The fourth-order valence-corrected chi connectivity index (χ4v) is 3.72. The Morgan fingerprint density at radius 3 is 2.24 bits per heavy atom. The molecule has 0 aromatic heterocycles. The third-order valence-corrected chi connectivity index (χ3v) is 5.63. The van der Waals surface area contributed by atoms with E-state index in [1.54, 1.807) is 20.8 Å². The number of carbonyl (C=O) groups excluding carboxylic acids is 6. The third kappa shape index (κ3) is 10.4. The molecule has 0 aromatic rings. The van der Waals surface area contributed by atoms with Gasteiger partial charge in [-0.25, -0.2) is 4.79 Å². The lowest BCUT2D eigenvalue weighted by molar-refractivity contribution is -0.147. The summed E-state index contributed by atoms with van der Waals surface area (Å²) in [7, 11) is 0. The van der Waals surface area contributed by atoms with Crippen molar-refractivity contribution in [3.8, 4) is 0 Å². The molecule has 12 nitrogen and oxygen atoms in total. The number of primary amides is 1. The summed E-state index contributed by atoms with van der Waals surface area (Å²) >= 11 is 0. The lowest BCUT2D eigenvalue weighted by Gasteiger charge is -2.35. The highest BCUT2D eigenvalue weighted by Gasteiger charge is 2.43. The number of urea groups is 1. The second-order valence-electron chi connectivity index (χ2n) is 9.86. The molecule has 15 heteroatoms. The second-order valence-corrected chi connectivity index (χ2v) is 9.86. The molecule has 1 saturated heterocycles. The monoisotopic (exact) mass is 548 g/mol. The van der Waals surface area contributed by atoms with Gasteiger partial charge in [0.25, 0.3) is 5.91 Å². The van der Waals surface area contributed by atoms with E-state index in [4.69, 9.17) is 5.73 Å². The number of ketones is 1. The molecule has 0 radical (unpaired) electrons. The van der Waals surface area contributed by atoms with Crippen LogP contribution in [0.5, 0.6) is 0 Å². The van der Waals surface area contributed by atoms with Crippen molar-refractivity contribution in [3.63, 3.8) is 0 Å². The summed E-state index contributed by atoms with van der Waals surface area (Å²) in [4.78, 5) is 75.3. The molecule has 0 spiro atoms. The van der Waals surface area contributed by atoms with Crippen molar-refractivity contribution in [1.82, 2.24) is 26.2 Å². The smallest absolute Gasteiger partial charge is 0.368 e. The van der Waals surface area contributed by atoms with Crippen LogP contribution in [0.3, 0.4) is 0 Å². The van der Waals surface area contributed by atoms with Crippen molar-refractivity contribution in [1.29, 1.82) is 0 Å². The van der Waals surface area contributed by atoms with Crippen molar-refractivity contribution in [2.24, 2.45) is 11.1 Å². The van der Waals surface area contributed by atoms with Crippen LogP contribution in [0.1, 0.15) is 46.5 Å². The van der Waals surface area contributed by atoms with Crippen LogP contribution in [0.2, 0.25) is 0 Å². The van der Waals surface area contributed by atoms with Crippen LogP contribution < -0.4 is 27.0 Å². The zero-order chi connectivity index (χ0) is 29.3. The largest absolute Gasteiger partial charge is 0.389 e. The molecule has 0 bridgehead atoms. The number of halogens is 3. The molecule has 1 aliphatic heterocycles. The summed E-state index contributed by atoms with van der Waals surface area (Å²) < 4.78 is 38.5. The Kier molecular flexibility index (Phi) is 11.7. The molecule has 1 heterocycles. The van der Waals surface area contributed by atoms with E-state index in [1.807, 2.05) is 0 Å². The van der Waals surface area contributed by atoms with Gasteiger partial charge >= 0.3 is 12.2 Å². The predicted molar refractivity (Wildman–Crippen MR) is 129 cm³/mol. The molecule has 6 N–H and O–H groups in total. The van der Waals surface area contributed by atoms with Gasteiger partial charge in [0.15, 0.2) is 0 Å². The van der Waals surface area contributed by atoms with Crippen molar-refractivity contribution in [2.75, 3.05) is 19.6 Å². The van der Waals surface area contributed by atoms with E-state index in [1.165, 1.54) is 11.0 Å². The molecular weight excluding hydrogens is 513 g/mol. The average Bonchev–Trinajstić information content (AvgIpc) is 3.30. The zero-order valence-corrected chi connectivity index (χ0v) is 21.6. The number of Topliss-reactive ketones (excluding diaryl/α,β-unsaturated/α-hetero) is 1. The number of likely N-dealkylation sites (tertiary alicyclic amines) is 1. The Balaban J connectivity index is 3.08. The van der Waals surface area contributed by atoms with Gasteiger partial charge in [-0.1, -0.05) is 26.8 Å². The first-order valence-electron chi connectivity index (χ1n) is 11.9. The predicted octanol–water partition coefficient (Wildman–Crippen LogP) is -0.125. The van der Waals surface area contributed by atoms with Gasteiger partial charge in [0.1, 0.15) is 12.1 Å². The molecule has 214 valence electrons. The van der Waals surface area contributed by atoms with Gasteiger partial charge < -0.3 is 31.9 Å². The van der Waals surface area contributed by atoms with E-state index in [9.17, 15) is 41.9 Å². The van der Waals surface area contributed by atoms with Gasteiger partial charge in [0.2, 0.25) is 23.5 Å². The molecule has 1 rings (SSSR count). The van der Waals surface area contributed by atoms with Gasteiger partial charge in [-0.2, -0.15) is 13.2 Å². The van der Waals surface area contributed by atoms with E-state index in [0.29, 0.717) is 6.42 Å². The van der Waals surface area contributed by atoms with E-state index >= 15 is 0 Å². The Hall–Kier alpha value is -3.65. The maximum absolute atomic E-state index is 13.4. The van der Waals surface area contributed by atoms with Gasteiger partial charge in [-0.05, 0) is 24.7 Å². The SMILES string of the molecule is C=CCNC(=O)C(=O)C(CCC(F)(F)F)NC(=O)C1CCCN1C(=O)C(NC(=O)NCC(N)=O)C(C)(C)C. The molecule has 1 aliphatic rings. The van der Waals surface area contributed by atoms with Crippen LogP contribution in [0.15, 0.2) is 12.7 Å². The van der Waals surface area contributed by atoms with Gasteiger partial charge in [-0.15, -0.1) is 6.58 Å². The molecule has 3 unspecified atom stereocenters. The normalized spacial score (nSPS) is 17.1. The number of hydrogen-bond acceptors (Lipinski definition) is 6. The fraction of sp³-hybridized carbons (Fsp3) is 0.652. The first kappa shape index (κ1) is 32.4. The number of rotatable bonds is 12. The van der Waals surface area contributed by atoms with Crippen molar-refractivity contribution >= 4 is 35.4 Å². The van der Waals surface area contributed by atoms with Gasteiger partial charge in [0, 0.05) is 19.5 Å². The first-order valence-corrected chi connectivity index (χ1v) is 11.9. The van der Waals surface area contributed by atoms with Gasteiger partial charge in [-0.3, -0.25) is 24.0 Å². The number of amides is 6. The minimum Gasteiger partial charge on any atom is -0.368 e. The van der Waals surface area contributed by atoms with Crippen LogP contribution in [-0.2, 0) is 24.0 Å². The molecule has 0 aromatic carbocycles. The number of hydrogen-bond donors (Lipinski definition) is 5. The molecule has 0 saturated carbocycles. The zero-order valence-electron chi connectivity index (χ0n) is 21.6.